The van der Waals surface area contributed by atoms with Gasteiger partial charge in [-0.25, -0.2) is 0 Å². The molecule has 168 valence electrons. The number of halogens is 1. The summed E-state index contributed by atoms with van der Waals surface area (Å²) in [5.74, 6) is -0.149. The van der Waals surface area contributed by atoms with E-state index in [-0.39, 0.29) is 11.6 Å². The summed E-state index contributed by atoms with van der Waals surface area (Å²) in [7, 11) is 0. The number of benzene rings is 3. The van der Waals surface area contributed by atoms with Crippen molar-refractivity contribution < 1.29 is 9.72 Å². The lowest BCUT2D eigenvalue weighted by Gasteiger charge is -2.14. The van der Waals surface area contributed by atoms with Crippen LogP contribution in [-0.4, -0.2) is 19.7 Å². The first-order chi connectivity index (χ1) is 16.4. The van der Waals surface area contributed by atoms with Crippen molar-refractivity contribution in [1.29, 1.82) is 0 Å². The van der Waals surface area contributed by atoms with E-state index in [1.165, 1.54) is 23.9 Å². The van der Waals surface area contributed by atoms with Crippen molar-refractivity contribution in [3.05, 3.63) is 110 Å². The molecule has 1 amide bonds. The van der Waals surface area contributed by atoms with Gasteiger partial charge >= 0.3 is 0 Å². The maximum absolute atomic E-state index is 13.2. The maximum atomic E-state index is 13.2. The number of aromatic nitrogens is 1. The van der Waals surface area contributed by atoms with Crippen LogP contribution in [0.15, 0.2) is 88.4 Å². The Labute approximate surface area is 213 Å². The summed E-state index contributed by atoms with van der Waals surface area (Å²) >= 11 is 10.2. The van der Waals surface area contributed by atoms with Gasteiger partial charge < -0.3 is 4.57 Å². The number of rotatable bonds is 5. The molecule has 1 saturated heterocycles. The van der Waals surface area contributed by atoms with Gasteiger partial charge in [-0.15, -0.1) is 0 Å². The van der Waals surface area contributed by atoms with E-state index in [2.05, 4.69) is 20.5 Å². The first-order valence-electron chi connectivity index (χ1n) is 10.3. The number of para-hydroxylation sites is 1. The third-order valence-corrected chi connectivity index (χ3v) is 7.32. The minimum Gasteiger partial charge on any atom is -0.342 e. The normalized spacial score (nSPS) is 15.0. The number of nitrogens with zero attached hydrogens (tertiary/aromatic N) is 3. The van der Waals surface area contributed by atoms with Crippen molar-refractivity contribution in [1.82, 2.24) is 4.57 Å². The number of non-ortho nitro benzene ring substituents is 1. The standard InChI is InChI=1S/C25H16BrN3O3S2/c26-18-7-11-19(12-8-18)28-24(30)23(34-25(28)33)13-17-15-27(22-4-2-1-3-21(17)22)14-16-5-9-20(10-6-16)29(31)32/h1-13,15H,14H2/b23-13-. The number of amides is 1. The first-order valence-corrected chi connectivity index (χ1v) is 12.3. The molecule has 3 aromatic carbocycles. The molecule has 1 aromatic heterocycles. The van der Waals surface area contributed by atoms with E-state index < -0.39 is 4.92 Å². The SMILES string of the molecule is O=C1/C(=C/c2cn(Cc3ccc([N+](=O)[O-])cc3)c3ccccc23)SC(=S)N1c1ccc(Br)cc1. The number of carbonyl (C=O) groups is 1. The second-order valence-corrected chi connectivity index (χ2v) is 10.2. The van der Waals surface area contributed by atoms with Crippen LogP contribution in [0.3, 0.4) is 0 Å². The van der Waals surface area contributed by atoms with Crippen molar-refractivity contribution in [2.45, 2.75) is 6.54 Å². The Morgan fingerprint density at radius 3 is 2.44 bits per heavy atom. The van der Waals surface area contributed by atoms with Crippen LogP contribution < -0.4 is 4.90 Å². The Hall–Kier alpha value is -3.27. The summed E-state index contributed by atoms with van der Waals surface area (Å²) < 4.78 is 3.50. The number of thiocarbonyl (C=S) groups is 1. The molecular weight excluding hydrogens is 534 g/mol. The van der Waals surface area contributed by atoms with Gasteiger partial charge in [-0.3, -0.25) is 19.8 Å². The first kappa shape index (κ1) is 22.5. The van der Waals surface area contributed by atoms with Gasteiger partial charge in [0.25, 0.3) is 11.6 Å². The molecule has 0 unspecified atom stereocenters. The van der Waals surface area contributed by atoms with Crippen molar-refractivity contribution in [2.24, 2.45) is 0 Å². The monoisotopic (exact) mass is 549 g/mol. The lowest BCUT2D eigenvalue weighted by Crippen LogP contribution is -2.27. The molecule has 0 N–H and O–H groups in total. The number of hydrogen-bond acceptors (Lipinski definition) is 5. The van der Waals surface area contributed by atoms with Crippen LogP contribution in [0.1, 0.15) is 11.1 Å². The van der Waals surface area contributed by atoms with Gasteiger partial charge in [-0.2, -0.15) is 0 Å². The molecule has 6 nitrogen and oxygen atoms in total. The number of fused-ring (bicyclic) bond motifs is 1. The molecule has 0 radical (unpaired) electrons. The molecule has 1 aliphatic heterocycles. The van der Waals surface area contributed by atoms with E-state index in [0.29, 0.717) is 15.8 Å². The third kappa shape index (κ3) is 4.29. The summed E-state index contributed by atoms with van der Waals surface area (Å²) in [6, 6.07) is 22.0. The molecule has 0 atom stereocenters. The van der Waals surface area contributed by atoms with Crippen LogP contribution in [-0.2, 0) is 11.3 Å². The number of thioether (sulfide) groups is 1. The van der Waals surface area contributed by atoms with Gasteiger partial charge in [0.2, 0.25) is 0 Å². The molecule has 5 rings (SSSR count). The molecule has 0 aliphatic carbocycles. The van der Waals surface area contributed by atoms with Crippen LogP contribution >= 0.6 is 39.9 Å². The number of anilines is 1. The minimum absolute atomic E-state index is 0.0644. The topological polar surface area (TPSA) is 68.4 Å². The molecule has 1 aliphatic rings. The Morgan fingerprint density at radius 1 is 1.03 bits per heavy atom. The second kappa shape index (κ2) is 9.17. The Bertz CT molecular complexity index is 1480. The molecule has 0 bridgehead atoms. The quantitative estimate of drug-likeness (QED) is 0.119. The van der Waals surface area contributed by atoms with Crippen LogP contribution in [0.4, 0.5) is 11.4 Å². The van der Waals surface area contributed by atoms with Gasteiger partial charge in [0.1, 0.15) is 0 Å². The van der Waals surface area contributed by atoms with E-state index in [1.54, 1.807) is 17.0 Å². The van der Waals surface area contributed by atoms with E-state index in [0.717, 1.165) is 32.2 Å². The largest absolute Gasteiger partial charge is 0.342 e. The third-order valence-electron chi connectivity index (χ3n) is 5.48. The maximum Gasteiger partial charge on any atom is 0.270 e. The van der Waals surface area contributed by atoms with Crippen LogP contribution in [0.5, 0.6) is 0 Å². The predicted molar refractivity (Wildman–Crippen MR) is 144 cm³/mol. The van der Waals surface area contributed by atoms with Gasteiger partial charge in [-0.1, -0.05) is 70.2 Å². The van der Waals surface area contributed by atoms with Gasteiger partial charge in [0.15, 0.2) is 4.32 Å². The second-order valence-electron chi connectivity index (χ2n) is 7.65. The van der Waals surface area contributed by atoms with Crippen LogP contribution in [0, 0.1) is 10.1 Å². The molecular formula is C25H16BrN3O3S2. The average molecular weight is 550 g/mol. The van der Waals surface area contributed by atoms with Gasteiger partial charge in [0, 0.05) is 45.8 Å². The average Bonchev–Trinajstić information content (AvgIpc) is 3.31. The van der Waals surface area contributed by atoms with Gasteiger partial charge in [0.05, 0.1) is 15.5 Å². The lowest BCUT2D eigenvalue weighted by molar-refractivity contribution is -0.384. The highest BCUT2D eigenvalue weighted by Gasteiger charge is 2.33. The Kier molecular flexibility index (Phi) is 6.07. The van der Waals surface area contributed by atoms with Crippen molar-refractivity contribution in [3.63, 3.8) is 0 Å². The fourth-order valence-corrected chi connectivity index (χ4v) is 5.42. The van der Waals surface area contributed by atoms with E-state index in [4.69, 9.17) is 12.2 Å². The number of hydrogen-bond donors (Lipinski definition) is 0. The summed E-state index contributed by atoms with van der Waals surface area (Å²) in [5.41, 5.74) is 3.66. The summed E-state index contributed by atoms with van der Waals surface area (Å²) in [5, 5.41) is 12.0. The van der Waals surface area contributed by atoms with Crippen LogP contribution in [0.2, 0.25) is 0 Å². The van der Waals surface area contributed by atoms with Crippen molar-refractivity contribution >= 4 is 78.5 Å². The highest BCUT2D eigenvalue weighted by atomic mass is 79.9. The smallest absolute Gasteiger partial charge is 0.270 e. The lowest BCUT2D eigenvalue weighted by atomic mass is 10.1. The molecule has 9 heteroatoms. The minimum atomic E-state index is -0.405. The van der Waals surface area contributed by atoms with E-state index in [9.17, 15) is 14.9 Å². The number of carbonyl (C=O) groups excluding carboxylic acids is 1. The highest BCUT2D eigenvalue weighted by molar-refractivity contribution is 9.10. The fourth-order valence-electron chi connectivity index (χ4n) is 3.86. The molecule has 2 heterocycles. The Morgan fingerprint density at radius 2 is 1.74 bits per heavy atom. The summed E-state index contributed by atoms with van der Waals surface area (Å²) in [6.07, 6.45) is 3.88. The zero-order valence-corrected chi connectivity index (χ0v) is 20.8. The highest BCUT2D eigenvalue weighted by Crippen LogP contribution is 2.37. The van der Waals surface area contributed by atoms with Crippen LogP contribution in [0.25, 0.3) is 17.0 Å². The van der Waals surface area contributed by atoms with Gasteiger partial charge in [-0.05, 0) is 42.0 Å². The summed E-state index contributed by atoms with van der Waals surface area (Å²) in [6.45, 7) is 0.548. The zero-order chi connectivity index (χ0) is 23.8. The van der Waals surface area contributed by atoms with E-state index in [1.807, 2.05) is 60.8 Å². The molecule has 0 saturated carbocycles. The molecule has 1 fully saturated rings. The Balaban J connectivity index is 1.48. The van der Waals surface area contributed by atoms with Crippen molar-refractivity contribution in [2.75, 3.05) is 4.90 Å². The zero-order valence-electron chi connectivity index (χ0n) is 17.6. The molecule has 34 heavy (non-hydrogen) atoms. The fraction of sp³-hybridized carbons (Fsp3) is 0.0400. The molecule has 4 aromatic rings. The number of nitro benzene ring substituents is 1. The predicted octanol–water partition coefficient (Wildman–Crippen LogP) is 6.77. The summed E-state index contributed by atoms with van der Waals surface area (Å²) in [4.78, 5) is 25.8. The number of nitro groups is 1. The van der Waals surface area contributed by atoms with E-state index >= 15 is 0 Å². The van der Waals surface area contributed by atoms with Crippen molar-refractivity contribution in [3.8, 4) is 0 Å². The molecule has 0 spiro atoms.